The van der Waals surface area contributed by atoms with Gasteiger partial charge >= 0.3 is 0 Å². The second-order valence-corrected chi connectivity index (χ2v) is 6.14. The molecule has 1 aromatic carbocycles. The summed E-state index contributed by atoms with van der Waals surface area (Å²) in [6, 6.07) is 5.53. The number of hydrogen-bond acceptors (Lipinski definition) is 4. The average Bonchev–Trinajstić information content (AvgIpc) is 2.92. The first-order valence-corrected chi connectivity index (χ1v) is 7.55. The van der Waals surface area contributed by atoms with Crippen LogP contribution in [-0.2, 0) is 15.6 Å². The minimum absolute atomic E-state index is 0.0163. The first-order valence-electron chi connectivity index (χ1n) is 6.23. The Hall–Kier alpha value is -1.56. The number of nitrogens with zero attached hydrogens (tertiary/aromatic N) is 1. The number of rotatable bonds is 5. The van der Waals surface area contributed by atoms with Crippen LogP contribution in [0.2, 0.25) is 0 Å². The Balaban J connectivity index is 1.99. The van der Waals surface area contributed by atoms with Crippen molar-refractivity contribution in [2.45, 2.75) is 30.6 Å². The first kappa shape index (κ1) is 13.9. The van der Waals surface area contributed by atoms with Crippen LogP contribution in [0.5, 0.6) is 0 Å². The summed E-state index contributed by atoms with van der Waals surface area (Å²) in [7, 11) is -1.40. The van der Waals surface area contributed by atoms with Crippen LogP contribution in [0.3, 0.4) is 0 Å². The number of benzene rings is 1. The van der Waals surface area contributed by atoms with E-state index in [-0.39, 0.29) is 23.1 Å². The molecule has 0 aromatic heterocycles. The quantitative estimate of drug-likeness (QED) is 0.613. The molecule has 0 bridgehead atoms. The highest BCUT2D eigenvalue weighted by Gasteiger charge is 2.24. The third-order valence-corrected chi connectivity index (χ3v) is 4.74. The zero-order valence-corrected chi connectivity index (χ0v) is 11.2. The van der Waals surface area contributed by atoms with Gasteiger partial charge in [-0.25, -0.2) is 0 Å². The van der Waals surface area contributed by atoms with Gasteiger partial charge in [0.25, 0.3) is 5.69 Å². The van der Waals surface area contributed by atoms with E-state index in [1.165, 1.54) is 24.3 Å². The van der Waals surface area contributed by atoms with E-state index in [0.717, 1.165) is 25.7 Å². The van der Waals surface area contributed by atoms with Crippen LogP contribution in [0, 0.1) is 16.0 Å². The molecule has 6 heteroatoms. The summed E-state index contributed by atoms with van der Waals surface area (Å²) in [6.45, 7) is 0. The fraction of sp³-hybridized carbons (Fsp3) is 0.462. The summed E-state index contributed by atoms with van der Waals surface area (Å²) in [5.74, 6) is 0.124. The van der Waals surface area contributed by atoms with Crippen molar-refractivity contribution in [3.05, 3.63) is 34.4 Å². The lowest BCUT2D eigenvalue weighted by Crippen LogP contribution is -2.18. The van der Waals surface area contributed by atoms with Crippen molar-refractivity contribution in [2.24, 2.45) is 5.92 Å². The van der Waals surface area contributed by atoms with E-state index in [0.29, 0.717) is 4.90 Å². The molecule has 0 N–H and O–H groups in total. The van der Waals surface area contributed by atoms with Gasteiger partial charge in [-0.15, -0.1) is 0 Å². The molecule has 1 aromatic rings. The smallest absolute Gasteiger partial charge is 0.269 e. The van der Waals surface area contributed by atoms with Gasteiger partial charge in [0.15, 0.2) is 0 Å². The molecule has 0 amide bonds. The summed E-state index contributed by atoms with van der Waals surface area (Å²) in [5, 5.41) is 10.5. The molecule has 1 unspecified atom stereocenters. The van der Waals surface area contributed by atoms with Crippen LogP contribution in [0.4, 0.5) is 5.69 Å². The van der Waals surface area contributed by atoms with Crippen LogP contribution >= 0.6 is 0 Å². The highest BCUT2D eigenvalue weighted by atomic mass is 32.2. The Kier molecular flexibility index (Phi) is 4.42. The molecule has 2 rings (SSSR count). The Morgan fingerprint density at radius 2 is 1.84 bits per heavy atom. The molecule has 1 saturated carbocycles. The minimum atomic E-state index is -1.40. The van der Waals surface area contributed by atoms with E-state index in [2.05, 4.69) is 0 Å². The lowest BCUT2D eigenvalue weighted by molar-refractivity contribution is -0.384. The Labute approximate surface area is 113 Å². The number of non-ortho nitro benzene ring substituents is 1. The maximum absolute atomic E-state index is 12.0. The molecule has 0 aliphatic heterocycles. The Morgan fingerprint density at radius 1 is 1.26 bits per heavy atom. The maximum atomic E-state index is 12.0. The predicted octanol–water partition coefficient (Wildman–Crippen LogP) is 2.46. The van der Waals surface area contributed by atoms with Gasteiger partial charge in [-0.05, 0) is 25.0 Å². The molecule has 0 heterocycles. The van der Waals surface area contributed by atoms with Gasteiger partial charge in [0.2, 0.25) is 0 Å². The lowest BCUT2D eigenvalue weighted by Gasteiger charge is -2.07. The predicted molar refractivity (Wildman–Crippen MR) is 71.3 cm³/mol. The number of nitro groups is 1. The van der Waals surface area contributed by atoms with Crippen molar-refractivity contribution in [1.29, 1.82) is 0 Å². The molecular weight excluding hydrogens is 266 g/mol. The Bertz CT molecular complexity index is 506. The number of Topliss-reactive ketones (excluding diaryl/α,β-unsaturated/α-hetero) is 1. The first-order chi connectivity index (χ1) is 9.08. The molecule has 0 saturated heterocycles. The number of ketones is 1. The number of carbonyl (C=O) groups is 1. The highest BCUT2D eigenvalue weighted by Crippen LogP contribution is 2.26. The third-order valence-electron chi connectivity index (χ3n) is 3.39. The molecule has 5 nitrogen and oxygen atoms in total. The third kappa shape index (κ3) is 3.47. The normalized spacial score (nSPS) is 17.3. The standard InChI is InChI=1S/C13H15NO4S/c15-13(10-3-1-2-4-10)9-19(18)12-7-5-11(6-8-12)14(16)17/h5-8,10H,1-4,9H2. The zero-order chi connectivity index (χ0) is 13.8. The van der Waals surface area contributed by atoms with E-state index in [4.69, 9.17) is 0 Å². The SMILES string of the molecule is O=C(CS(=O)c1ccc([N+](=O)[O-])cc1)C1CCCC1. The molecule has 0 spiro atoms. The molecule has 0 radical (unpaired) electrons. The molecule has 19 heavy (non-hydrogen) atoms. The molecular formula is C13H15NO4S. The summed E-state index contributed by atoms with van der Waals surface area (Å²) in [4.78, 5) is 22.4. The van der Waals surface area contributed by atoms with E-state index >= 15 is 0 Å². The van der Waals surface area contributed by atoms with Gasteiger partial charge in [-0.3, -0.25) is 19.1 Å². The minimum Gasteiger partial charge on any atom is -0.298 e. The average molecular weight is 281 g/mol. The number of nitro benzene ring substituents is 1. The van der Waals surface area contributed by atoms with Crippen LogP contribution in [0.15, 0.2) is 29.2 Å². The number of carbonyl (C=O) groups excluding carboxylic acids is 1. The zero-order valence-electron chi connectivity index (χ0n) is 10.4. The fourth-order valence-corrected chi connectivity index (χ4v) is 3.40. The van der Waals surface area contributed by atoms with Crippen LogP contribution < -0.4 is 0 Å². The van der Waals surface area contributed by atoms with Crippen molar-refractivity contribution in [1.82, 2.24) is 0 Å². The summed E-state index contributed by atoms with van der Waals surface area (Å²) in [5.41, 5.74) is -0.0390. The highest BCUT2D eigenvalue weighted by molar-refractivity contribution is 7.85. The van der Waals surface area contributed by atoms with E-state index < -0.39 is 15.7 Å². The molecule has 1 atom stereocenters. The van der Waals surface area contributed by atoms with Gasteiger partial charge in [0, 0.05) is 22.9 Å². The van der Waals surface area contributed by atoms with Crippen LogP contribution in [0.25, 0.3) is 0 Å². The van der Waals surface area contributed by atoms with Crippen molar-refractivity contribution in [3.8, 4) is 0 Å². The van der Waals surface area contributed by atoms with Gasteiger partial charge in [0.05, 0.1) is 21.5 Å². The van der Waals surface area contributed by atoms with E-state index in [1.54, 1.807) is 0 Å². The topological polar surface area (TPSA) is 77.3 Å². The van der Waals surface area contributed by atoms with Gasteiger partial charge in [-0.1, -0.05) is 12.8 Å². The van der Waals surface area contributed by atoms with Gasteiger partial charge in [-0.2, -0.15) is 0 Å². The molecule has 1 fully saturated rings. The Morgan fingerprint density at radius 3 is 2.37 bits per heavy atom. The second kappa shape index (κ2) is 6.06. The molecule has 1 aliphatic carbocycles. The van der Waals surface area contributed by atoms with Crippen molar-refractivity contribution < 1.29 is 13.9 Å². The lowest BCUT2D eigenvalue weighted by atomic mass is 10.0. The largest absolute Gasteiger partial charge is 0.298 e. The summed E-state index contributed by atoms with van der Waals surface area (Å²) >= 11 is 0. The number of hydrogen-bond donors (Lipinski definition) is 0. The van der Waals surface area contributed by atoms with Gasteiger partial charge in [0.1, 0.15) is 5.78 Å². The fourth-order valence-electron chi connectivity index (χ4n) is 2.30. The molecule has 1 aliphatic rings. The van der Waals surface area contributed by atoms with Crippen molar-refractivity contribution >= 4 is 22.3 Å². The summed E-state index contributed by atoms with van der Waals surface area (Å²) < 4.78 is 12.0. The maximum Gasteiger partial charge on any atom is 0.269 e. The molecule has 102 valence electrons. The monoisotopic (exact) mass is 281 g/mol. The summed E-state index contributed by atoms with van der Waals surface area (Å²) in [6.07, 6.45) is 3.94. The van der Waals surface area contributed by atoms with E-state index in [1.807, 2.05) is 0 Å². The van der Waals surface area contributed by atoms with Crippen molar-refractivity contribution in [2.75, 3.05) is 5.75 Å². The van der Waals surface area contributed by atoms with Crippen LogP contribution in [-0.4, -0.2) is 20.7 Å². The van der Waals surface area contributed by atoms with Crippen molar-refractivity contribution in [3.63, 3.8) is 0 Å². The van der Waals surface area contributed by atoms with Crippen LogP contribution in [0.1, 0.15) is 25.7 Å². The van der Waals surface area contributed by atoms with E-state index in [9.17, 15) is 19.1 Å². The van der Waals surface area contributed by atoms with Gasteiger partial charge < -0.3 is 0 Å². The second-order valence-electron chi connectivity index (χ2n) is 4.69.